The zero-order valence-corrected chi connectivity index (χ0v) is 15.0. The maximum atomic E-state index is 12.4. The van der Waals surface area contributed by atoms with Gasteiger partial charge < -0.3 is 15.1 Å². The van der Waals surface area contributed by atoms with Gasteiger partial charge in [0.05, 0.1) is 0 Å². The Labute approximate surface area is 148 Å². The Morgan fingerprint density at radius 1 is 1.04 bits per heavy atom. The fourth-order valence-corrected chi connectivity index (χ4v) is 2.74. The highest BCUT2D eigenvalue weighted by Gasteiger charge is 2.21. The van der Waals surface area contributed by atoms with E-state index in [2.05, 4.69) is 17.1 Å². The number of hydrogen-bond donors (Lipinski definition) is 1. The number of nitrogens with one attached hydrogen (secondary N) is 1. The van der Waals surface area contributed by atoms with Crippen LogP contribution in [-0.2, 0) is 9.59 Å². The van der Waals surface area contributed by atoms with E-state index in [9.17, 15) is 14.4 Å². The third-order valence-corrected chi connectivity index (χ3v) is 4.35. The SMILES string of the molecule is CCN1CCN(C(=O)/C(C)=C\C(=O)Nc2ccc(C(C)=O)cc2)CC1. The molecule has 0 saturated carbocycles. The van der Waals surface area contributed by atoms with Crippen molar-refractivity contribution in [2.24, 2.45) is 0 Å². The maximum absolute atomic E-state index is 12.4. The van der Waals surface area contributed by atoms with E-state index in [1.807, 2.05) is 0 Å². The molecule has 1 aliphatic heterocycles. The summed E-state index contributed by atoms with van der Waals surface area (Å²) >= 11 is 0. The van der Waals surface area contributed by atoms with Crippen molar-refractivity contribution in [1.29, 1.82) is 0 Å². The summed E-state index contributed by atoms with van der Waals surface area (Å²) in [6.07, 6.45) is 1.33. The molecule has 1 fully saturated rings. The van der Waals surface area contributed by atoms with Crippen LogP contribution in [0.1, 0.15) is 31.1 Å². The van der Waals surface area contributed by atoms with Crippen LogP contribution in [0.3, 0.4) is 0 Å². The minimum atomic E-state index is -0.353. The fraction of sp³-hybridized carbons (Fsp3) is 0.421. The van der Waals surface area contributed by atoms with Crippen LogP contribution in [0.15, 0.2) is 35.9 Å². The third-order valence-electron chi connectivity index (χ3n) is 4.35. The molecule has 25 heavy (non-hydrogen) atoms. The highest BCUT2D eigenvalue weighted by atomic mass is 16.2. The molecule has 134 valence electrons. The predicted octanol–water partition coefficient (Wildman–Crippen LogP) is 1.94. The van der Waals surface area contributed by atoms with Gasteiger partial charge >= 0.3 is 0 Å². The van der Waals surface area contributed by atoms with E-state index in [0.717, 1.165) is 19.6 Å². The van der Waals surface area contributed by atoms with E-state index in [4.69, 9.17) is 0 Å². The van der Waals surface area contributed by atoms with Crippen molar-refractivity contribution >= 4 is 23.3 Å². The fourth-order valence-electron chi connectivity index (χ4n) is 2.74. The molecular weight excluding hydrogens is 318 g/mol. The van der Waals surface area contributed by atoms with Gasteiger partial charge in [0.2, 0.25) is 11.8 Å². The summed E-state index contributed by atoms with van der Waals surface area (Å²) < 4.78 is 0. The van der Waals surface area contributed by atoms with E-state index in [1.54, 1.807) is 36.1 Å². The van der Waals surface area contributed by atoms with Crippen molar-refractivity contribution in [2.75, 3.05) is 38.0 Å². The predicted molar refractivity (Wildman–Crippen MR) is 97.5 cm³/mol. The zero-order valence-electron chi connectivity index (χ0n) is 15.0. The highest BCUT2D eigenvalue weighted by molar-refractivity contribution is 6.06. The Morgan fingerprint density at radius 3 is 2.16 bits per heavy atom. The smallest absolute Gasteiger partial charge is 0.249 e. The van der Waals surface area contributed by atoms with Gasteiger partial charge in [-0.1, -0.05) is 6.92 Å². The molecule has 1 heterocycles. The molecule has 6 nitrogen and oxygen atoms in total. The van der Waals surface area contributed by atoms with Crippen LogP contribution in [-0.4, -0.2) is 60.1 Å². The van der Waals surface area contributed by atoms with Gasteiger partial charge in [-0.05, 0) is 44.7 Å². The van der Waals surface area contributed by atoms with Crippen LogP contribution >= 0.6 is 0 Å². The second-order valence-corrected chi connectivity index (χ2v) is 6.18. The lowest BCUT2D eigenvalue weighted by Gasteiger charge is -2.34. The van der Waals surface area contributed by atoms with Crippen LogP contribution in [0.5, 0.6) is 0 Å². The molecule has 1 N–H and O–H groups in total. The number of carbonyl (C=O) groups is 3. The number of carbonyl (C=O) groups excluding carboxylic acids is 3. The van der Waals surface area contributed by atoms with Gasteiger partial charge in [0.1, 0.15) is 0 Å². The van der Waals surface area contributed by atoms with Gasteiger partial charge in [-0.2, -0.15) is 0 Å². The molecule has 0 aromatic heterocycles. The number of amides is 2. The molecule has 0 atom stereocenters. The van der Waals surface area contributed by atoms with Crippen molar-refractivity contribution in [3.05, 3.63) is 41.5 Å². The quantitative estimate of drug-likeness (QED) is 0.655. The summed E-state index contributed by atoms with van der Waals surface area (Å²) in [6.45, 7) is 9.35. The number of Topliss-reactive ketones (excluding diaryl/α,β-unsaturated/α-hetero) is 1. The minimum absolute atomic E-state index is 0.0256. The van der Waals surface area contributed by atoms with Crippen LogP contribution < -0.4 is 5.32 Å². The molecule has 0 spiro atoms. The third kappa shape index (κ3) is 5.26. The van der Waals surface area contributed by atoms with Gasteiger partial charge in [-0.15, -0.1) is 0 Å². The van der Waals surface area contributed by atoms with Gasteiger partial charge in [0.25, 0.3) is 0 Å². The summed E-state index contributed by atoms with van der Waals surface area (Å²) in [6, 6.07) is 6.66. The van der Waals surface area contributed by atoms with Crippen LogP contribution in [0.4, 0.5) is 5.69 Å². The van der Waals surface area contributed by atoms with Crippen molar-refractivity contribution in [2.45, 2.75) is 20.8 Å². The summed E-state index contributed by atoms with van der Waals surface area (Å²) in [5, 5.41) is 2.71. The van der Waals surface area contributed by atoms with Gasteiger partial charge in [0.15, 0.2) is 5.78 Å². The summed E-state index contributed by atoms with van der Waals surface area (Å²) in [7, 11) is 0. The molecule has 0 aliphatic carbocycles. The first-order valence-electron chi connectivity index (χ1n) is 8.52. The van der Waals surface area contributed by atoms with Crippen molar-refractivity contribution in [3.8, 4) is 0 Å². The Bertz CT molecular complexity index is 672. The lowest BCUT2D eigenvalue weighted by atomic mass is 10.1. The van der Waals surface area contributed by atoms with Crippen LogP contribution in [0, 0.1) is 0 Å². The number of ketones is 1. The first-order chi connectivity index (χ1) is 11.9. The van der Waals surface area contributed by atoms with E-state index < -0.39 is 0 Å². The van der Waals surface area contributed by atoms with E-state index in [0.29, 0.717) is 29.9 Å². The topological polar surface area (TPSA) is 69.7 Å². The lowest BCUT2D eigenvalue weighted by Crippen LogP contribution is -2.48. The number of piperazine rings is 1. The maximum Gasteiger partial charge on any atom is 0.249 e. The molecule has 0 unspecified atom stereocenters. The standard InChI is InChI=1S/C19H25N3O3/c1-4-21-9-11-22(12-10-21)19(25)14(2)13-18(24)20-17-7-5-16(6-8-17)15(3)23/h5-8,13H,4,9-12H2,1-3H3,(H,20,24)/b14-13-. The molecule has 1 aromatic carbocycles. The number of rotatable bonds is 5. The Hall–Kier alpha value is -2.47. The van der Waals surface area contributed by atoms with Crippen LogP contribution in [0.25, 0.3) is 0 Å². The second-order valence-electron chi connectivity index (χ2n) is 6.18. The number of anilines is 1. The molecule has 6 heteroatoms. The molecule has 2 rings (SSSR count). The average molecular weight is 343 g/mol. The van der Waals surface area contributed by atoms with Crippen molar-refractivity contribution in [3.63, 3.8) is 0 Å². The molecule has 0 bridgehead atoms. The van der Waals surface area contributed by atoms with Gasteiger partial charge in [-0.25, -0.2) is 0 Å². The van der Waals surface area contributed by atoms with Crippen molar-refractivity contribution < 1.29 is 14.4 Å². The summed E-state index contributed by atoms with van der Waals surface area (Å²) in [5.41, 5.74) is 1.59. The molecule has 1 aliphatic rings. The number of nitrogens with zero attached hydrogens (tertiary/aromatic N) is 2. The monoisotopic (exact) mass is 343 g/mol. The largest absolute Gasteiger partial charge is 0.336 e. The normalized spacial score (nSPS) is 15.8. The van der Waals surface area contributed by atoms with E-state index in [-0.39, 0.29) is 17.6 Å². The number of hydrogen-bond acceptors (Lipinski definition) is 4. The van der Waals surface area contributed by atoms with Crippen LogP contribution in [0.2, 0.25) is 0 Å². The van der Waals surface area contributed by atoms with Crippen molar-refractivity contribution in [1.82, 2.24) is 9.80 Å². The van der Waals surface area contributed by atoms with Gasteiger partial charge in [-0.3, -0.25) is 14.4 Å². The summed E-state index contributed by atoms with van der Waals surface area (Å²) in [4.78, 5) is 39.8. The summed E-state index contributed by atoms with van der Waals surface area (Å²) in [5.74, 6) is -0.478. The molecule has 0 radical (unpaired) electrons. The molecule has 2 amide bonds. The highest BCUT2D eigenvalue weighted by Crippen LogP contribution is 2.11. The molecular formula is C19H25N3O3. The Morgan fingerprint density at radius 2 is 1.64 bits per heavy atom. The molecule has 1 aromatic rings. The Kier molecular flexibility index (Phi) is 6.47. The minimum Gasteiger partial charge on any atom is -0.336 e. The second kappa shape index (κ2) is 8.58. The molecule has 1 saturated heterocycles. The number of benzene rings is 1. The average Bonchev–Trinajstić information content (AvgIpc) is 2.61. The van der Waals surface area contributed by atoms with E-state index >= 15 is 0 Å². The first kappa shape index (κ1) is 18.9. The van der Waals surface area contributed by atoms with E-state index in [1.165, 1.54) is 13.0 Å². The number of likely N-dealkylation sites (N-methyl/N-ethyl adjacent to an activating group) is 1. The van der Waals surface area contributed by atoms with Gasteiger partial charge in [0, 0.05) is 49.1 Å². The Balaban J connectivity index is 1.93. The lowest BCUT2D eigenvalue weighted by molar-refractivity contribution is -0.129. The first-order valence-corrected chi connectivity index (χ1v) is 8.52. The zero-order chi connectivity index (χ0) is 18.4.